The molecule has 12 heavy (non-hydrogen) atoms. The van der Waals surface area contributed by atoms with Gasteiger partial charge in [0.25, 0.3) is 0 Å². The number of hydrogen-bond acceptors (Lipinski definition) is 2. The Balaban J connectivity index is 2.58. The van der Waals surface area contributed by atoms with Crippen molar-refractivity contribution >= 4 is 5.78 Å². The second-order valence-corrected chi connectivity index (χ2v) is 2.98. The summed E-state index contributed by atoms with van der Waals surface area (Å²) in [6.07, 6.45) is 4.33. The minimum Gasteiger partial charge on any atom is -0.346 e. The standard InChI is InChI=1S/C9H14N2O/c1-3-4-8-6-10-9(11-8)5-7(2)12/h6H,3-5H2,1-2H3,(H,10,11). The Hall–Kier alpha value is -1.12. The minimum atomic E-state index is 0.146. The van der Waals surface area contributed by atoms with Gasteiger partial charge in [0.1, 0.15) is 11.6 Å². The van der Waals surface area contributed by atoms with Crippen LogP contribution in [0, 0.1) is 0 Å². The molecule has 1 rings (SSSR count). The molecular formula is C9H14N2O. The molecule has 0 saturated heterocycles. The first kappa shape index (κ1) is 8.97. The highest BCUT2D eigenvalue weighted by Crippen LogP contribution is 2.01. The maximum absolute atomic E-state index is 10.7. The van der Waals surface area contributed by atoms with Crippen molar-refractivity contribution in [3.05, 3.63) is 17.7 Å². The Kier molecular flexibility index (Phi) is 3.02. The summed E-state index contributed by atoms with van der Waals surface area (Å²) in [5.41, 5.74) is 1.12. The molecule has 0 fully saturated rings. The Morgan fingerprint density at radius 1 is 1.67 bits per heavy atom. The summed E-state index contributed by atoms with van der Waals surface area (Å²) in [5, 5.41) is 0. The second-order valence-electron chi connectivity index (χ2n) is 2.98. The Bertz CT molecular complexity index is 265. The maximum Gasteiger partial charge on any atom is 0.137 e. The van der Waals surface area contributed by atoms with Crippen molar-refractivity contribution in [3.8, 4) is 0 Å². The molecule has 0 atom stereocenters. The molecule has 0 radical (unpaired) electrons. The van der Waals surface area contributed by atoms with E-state index in [1.54, 1.807) is 6.92 Å². The number of aromatic amines is 1. The predicted octanol–water partition coefficient (Wildman–Crippen LogP) is 1.49. The van der Waals surface area contributed by atoms with Gasteiger partial charge in [0.2, 0.25) is 0 Å². The predicted molar refractivity (Wildman–Crippen MR) is 47.0 cm³/mol. The zero-order valence-electron chi connectivity index (χ0n) is 7.55. The average molecular weight is 166 g/mol. The van der Waals surface area contributed by atoms with Crippen LogP contribution in [0.2, 0.25) is 0 Å². The van der Waals surface area contributed by atoms with Crippen molar-refractivity contribution in [1.29, 1.82) is 0 Å². The van der Waals surface area contributed by atoms with Gasteiger partial charge in [-0.3, -0.25) is 4.79 Å². The number of ketones is 1. The molecule has 1 aromatic heterocycles. The number of aryl methyl sites for hydroxylation is 1. The molecule has 0 spiro atoms. The van der Waals surface area contributed by atoms with Gasteiger partial charge in [-0.05, 0) is 13.3 Å². The van der Waals surface area contributed by atoms with Crippen LogP contribution in [-0.4, -0.2) is 15.8 Å². The highest BCUT2D eigenvalue weighted by molar-refractivity contribution is 5.77. The molecule has 3 heteroatoms. The van der Waals surface area contributed by atoms with Crippen LogP contribution < -0.4 is 0 Å². The van der Waals surface area contributed by atoms with Gasteiger partial charge in [0, 0.05) is 11.9 Å². The fourth-order valence-corrected chi connectivity index (χ4v) is 1.13. The van der Waals surface area contributed by atoms with Crippen LogP contribution in [0.25, 0.3) is 0 Å². The van der Waals surface area contributed by atoms with Crippen LogP contribution in [0.5, 0.6) is 0 Å². The Morgan fingerprint density at radius 2 is 2.42 bits per heavy atom. The van der Waals surface area contributed by atoms with Gasteiger partial charge in [-0.15, -0.1) is 0 Å². The minimum absolute atomic E-state index is 0.146. The molecule has 1 heterocycles. The fraction of sp³-hybridized carbons (Fsp3) is 0.556. The number of nitrogens with one attached hydrogen (secondary N) is 1. The van der Waals surface area contributed by atoms with Crippen LogP contribution in [0.15, 0.2) is 6.20 Å². The van der Waals surface area contributed by atoms with Gasteiger partial charge in [0.05, 0.1) is 6.42 Å². The number of nitrogens with zero attached hydrogens (tertiary/aromatic N) is 1. The van der Waals surface area contributed by atoms with Gasteiger partial charge in [0.15, 0.2) is 0 Å². The molecule has 0 aliphatic rings. The number of carbonyl (C=O) groups excluding carboxylic acids is 1. The molecule has 0 bridgehead atoms. The highest BCUT2D eigenvalue weighted by Gasteiger charge is 2.01. The van der Waals surface area contributed by atoms with Crippen molar-refractivity contribution in [1.82, 2.24) is 9.97 Å². The first-order valence-electron chi connectivity index (χ1n) is 4.24. The molecule has 0 aliphatic heterocycles. The monoisotopic (exact) mass is 166 g/mol. The lowest BCUT2D eigenvalue weighted by atomic mass is 10.3. The van der Waals surface area contributed by atoms with Crippen molar-refractivity contribution in [2.45, 2.75) is 33.1 Å². The summed E-state index contributed by atoms with van der Waals surface area (Å²) in [6, 6.07) is 0. The van der Waals surface area contributed by atoms with Crippen molar-refractivity contribution in [2.75, 3.05) is 0 Å². The van der Waals surface area contributed by atoms with E-state index in [2.05, 4.69) is 16.9 Å². The summed E-state index contributed by atoms with van der Waals surface area (Å²) < 4.78 is 0. The summed E-state index contributed by atoms with van der Waals surface area (Å²) in [7, 11) is 0. The number of rotatable bonds is 4. The average Bonchev–Trinajstić information content (AvgIpc) is 2.36. The molecular weight excluding hydrogens is 152 g/mol. The molecule has 1 N–H and O–H groups in total. The first-order chi connectivity index (χ1) is 5.72. The number of aromatic nitrogens is 2. The maximum atomic E-state index is 10.7. The van der Waals surface area contributed by atoms with Crippen LogP contribution in [0.1, 0.15) is 31.8 Å². The molecule has 0 unspecified atom stereocenters. The van der Waals surface area contributed by atoms with Crippen molar-refractivity contribution in [2.24, 2.45) is 0 Å². The SMILES string of the molecule is CCCc1cnc(CC(C)=O)[nH]1. The summed E-state index contributed by atoms with van der Waals surface area (Å²) >= 11 is 0. The van der Waals surface area contributed by atoms with Gasteiger partial charge >= 0.3 is 0 Å². The summed E-state index contributed by atoms with van der Waals surface area (Å²) in [4.78, 5) is 17.9. The van der Waals surface area contributed by atoms with E-state index in [0.29, 0.717) is 6.42 Å². The number of carbonyl (C=O) groups is 1. The number of H-pyrrole nitrogens is 1. The summed E-state index contributed by atoms with van der Waals surface area (Å²) in [6.45, 7) is 3.69. The number of imidazole rings is 1. The normalized spacial score (nSPS) is 10.2. The third kappa shape index (κ3) is 2.49. The second kappa shape index (κ2) is 4.04. The zero-order valence-corrected chi connectivity index (χ0v) is 7.55. The summed E-state index contributed by atoms with van der Waals surface area (Å²) in [5.74, 6) is 0.929. The molecule has 0 aliphatic carbocycles. The van der Waals surface area contributed by atoms with Crippen LogP contribution in [0.4, 0.5) is 0 Å². The van der Waals surface area contributed by atoms with E-state index in [-0.39, 0.29) is 5.78 Å². The molecule has 3 nitrogen and oxygen atoms in total. The topological polar surface area (TPSA) is 45.8 Å². The van der Waals surface area contributed by atoms with Gasteiger partial charge in [-0.1, -0.05) is 13.3 Å². The van der Waals surface area contributed by atoms with Gasteiger partial charge in [-0.25, -0.2) is 4.98 Å². The van der Waals surface area contributed by atoms with Crippen LogP contribution >= 0.6 is 0 Å². The van der Waals surface area contributed by atoms with E-state index < -0.39 is 0 Å². The van der Waals surface area contributed by atoms with E-state index in [9.17, 15) is 4.79 Å². The van der Waals surface area contributed by atoms with E-state index in [4.69, 9.17) is 0 Å². The lowest BCUT2D eigenvalue weighted by Crippen LogP contribution is -1.98. The van der Waals surface area contributed by atoms with Crippen LogP contribution in [0.3, 0.4) is 0 Å². The fourth-order valence-electron chi connectivity index (χ4n) is 1.13. The van der Waals surface area contributed by atoms with Crippen molar-refractivity contribution in [3.63, 3.8) is 0 Å². The van der Waals surface area contributed by atoms with E-state index in [1.807, 2.05) is 6.20 Å². The van der Waals surface area contributed by atoms with E-state index in [0.717, 1.165) is 24.4 Å². The third-order valence-electron chi connectivity index (χ3n) is 1.62. The molecule has 0 saturated carbocycles. The van der Waals surface area contributed by atoms with Gasteiger partial charge in [-0.2, -0.15) is 0 Å². The first-order valence-corrected chi connectivity index (χ1v) is 4.24. The zero-order chi connectivity index (χ0) is 8.97. The highest BCUT2D eigenvalue weighted by atomic mass is 16.1. The molecule has 0 amide bonds. The lowest BCUT2D eigenvalue weighted by molar-refractivity contribution is -0.116. The van der Waals surface area contributed by atoms with Crippen molar-refractivity contribution < 1.29 is 4.79 Å². The third-order valence-corrected chi connectivity index (χ3v) is 1.62. The Labute approximate surface area is 72.2 Å². The molecule has 1 aromatic rings. The van der Waals surface area contributed by atoms with E-state index >= 15 is 0 Å². The van der Waals surface area contributed by atoms with E-state index in [1.165, 1.54) is 0 Å². The largest absolute Gasteiger partial charge is 0.346 e. The number of Topliss-reactive ketones (excluding diaryl/α,β-unsaturated/α-hetero) is 1. The quantitative estimate of drug-likeness (QED) is 0.736. The van der Waals surface area contributed by atoms with Crippen LogP contribution in [-0.2, 0) is 17.6 Å². The number of hydrogen-bond donors (Lipinski definition) is 1. The smallest absolute Gasteiger partial charge is 0.137 e. The lowest BCUT2D eigenvalue weighted by Gasteiger charge is -1.91. The molecule has 0 aromatic carbocycles. The molecule has 66 valence electrons. The Morgan fingerprint density at radius 3 is 3.00 bits per heavy atom. The van der Waals surface area contributed by atoms with Gasteiger partial charge < -0.3 is 4.98 Å².